The fourth-order valence-corrected chi connectivity index (χ4v) is 2.74. The van der Waals surface area contributed by atoms with Gasteiger partial charge in [-0.05, 0) is 19.9 Å². The van der Waals surface area contributed by atoms with Crippen molar-refractivity contribution in [3.63, 3.8) is 0 Å². The second kappa shape index (κ2) is 5.25. The van der Waals surface area contributed by atoms with E-state index in [-0.39, 0.29) is 12.1 Å². The van der Waals surface area contributed by atoms with E-state index >= 15 is 0 Å². The molecule has 3 aromatic rings. The molecule has 0 bridgehead atoms. The highest BCUT2D eigenvalue weighted by molar-refractivity contribution is 7.09. The molecule has 0 aliphatic carbocycles. The molecule has 7 heteroatoms. The molecule has 0 radical (unpaired) electrons. The molecule has 108 valence electrons. The number of carbonyl (C=O) groups is 1. The van der Waals surface area contributed by atoms with Gasteiger partial charge >= 0.3 is 5.97 Å². The average molecular weight is 302 g/mol. The third-order valence-electron chi connectivity index (χ3n) is 3.14. The highest BCUT2D eigenvalue weighted by Gasteiger charge is 2.20. The Kier molecular flexibility index (Phi) is 3.42. The van der Waals surface area contributed by atoms with Gasteiger partial charge < -0.3 is 4.74 Å². The Morgan fingerprint density at radius 3 is 3.00 bits per heavy atom. The number of esters is 1. The molecule has 0 saturated carbocycles. The Bertz CT molecular complexity index is 795. The largest absolute Gasteiger partial charge is 0.452 e. The Morgan fingerprint density at radius 2 is 2.29 bits per heavy atom. The van der Waals surface area contributed by atoms with E-state index in [1.807, 2.05) is 19.2 Å². The monoisotopic (exact) mass is 302 g/mol. The number of pyridine rings is 1. The molecule has 1 atom stereocenters. The fourth-order valence-electron chi connectivity index (χ4n) is 2.12. The molecule has 0 spiro atoms. The Labute approximate surface area is 125 Å². The third-order valence-corrected chi connectivity index (χ3v) is 4.07. The lowest BCUT2D eigenvalue weighted by molar-refractivity contribution is 0.0339. The van der Waals surface area contributed by atoms with E-state index < -0.39 is 0 Å². The number of hydrogen-bond acceptors (Lipinski definition) is 6. The zero-order valence-corrected chi connectivity index (χ0v) is 12.7. The first-order valence-electron chi connectivity index (χ1n) is 6.46. The van der Waals surface area contributed by atoms with Gasteiger partial charge in [-0.2, -0.15) is 5.10 Å². The van der Waals surface area contributed by atoms with Gasteiger partial charge in [0.2, 0.25) is 0 Å². The highest BCUT2D eigenvalue weighted by Crippen LogP contribution is 2.23. The SMILES string of the molecule is Cc1cc(C(=O)O[C@H](C)c2nccs2)c2cnn(C)c2n1. The Balaban J connectivity index is 1.94. The molecular formula is C14H14N4O2S. The first kappa shape index (κ1) is 13.7. The first-order valence-corrected chi connectivity index (χ1v) is 7.34. The Morgan fingerprint density at radius 1 is 1.48 bits per heavy atom. The summed E-state index contributed by atoms with van der Waals surface area (Å²) in [5.74, 6) is -0.388. The second-order valence-corrected chi connectivity index (χ2v) is 5.66. The number of fused-ring (bicyclic) bond motifs is 1. The lowest BCUT2D eigenvalue weighted by Gasteiger charge is -2.11. The summed E-state index contributed by atoms with van der Waals surface area (Å²) in [4.78, 5) is 21.0. The molecule has 6 nitrogen and oxygen atoms in total. The van der Waals surface area contributed by atoms with E-state index in [9.17, 15) is 4.79 Å². The number of ether oxygens (including phenoxy) is 1. The van der Waals surface area contributed by atoms with Gasteiger partial charge in [-0.1, -0.05) is 0 Å². The third kappa shape index (κ3) is 2.52. The summed E-state index contributed by atoms with van der Waals surface area (Å²) in [6.07, 6.45) is 2.95. The fraction of sp³-hybridized carbons (Fsp3) is 0.286. The molecule has 3 aromatic heterocycles. The quantitative estimate of drug-likeness (QED) is 0.696. The van der Waals surface area contributed by atoms with Crippen LogP contribution in [0.25, 0.3) is 11.0 Å². The molecule has 0 N–H and O–H groups in total. The average Bonchev–Trinajstić information content (AvgIpc) is 3.09. The Hall–Kier alpha value is -2.28. The van der Waals surface area contributed by atoms with Crippen LogP contribution in [0, 0.1) is 6.92 Å². The summed E-state index contributed by atoms with van der Waals surface area (Å²) in [5, 5.41) is 7.47. The van der Waals surface area contributed by atoms with Crippen molar-refractivity contribution < 1.29 is 9.53 Å². The van der Waals surface area contributed by atoms with Gasteiger partial charge in [-0.25, -0.2) is 14.8 Å². The first-order chi connectivity index (χ1) is 10.1. The molecule has 0 aromatic carbocycles. The summed E-state index contributed by atoms with van der Waals surface area (Å²) in [7, 11) is 1.79. The van der Waals surface area contributed by atoms with Gasteiger partial charge in [0, 0.05) is 24.3 Å². The molecule has 0 saturated heterocycles. The van der Waals surface area contributed by atoms with Gasteiger partial charge in [-0.3, -0.25) is 4.68 Å². The van der Waals surface area contributed by atoms with Gasteiger partial charge in [-0.15, -0.1) is 11.3 Å². The maximum Gasteiger partial charge on any atom is 0.339 e. The van der Waals surface area contributed by atoms with E-state index in [2.05, 4.69) is 15.1 Å². The van der Waals surface area contributed by atoms with Crippen molar-refractivity contribution >= 4 is 28.3 Å². The number of carbonyl (C=O) groups excluding carboxylic acids is 1. The molecule has 21 heavy (non-hydrogen) atoms. The van der Waals surface area contributed by atoms with Crippen LogP contribution in [0.4, 0.5) is 0 Å². The van der Waals surface area contributed by atoms with Gasteiger partial charge in [0.1, 0.15) is 5.01 Å². The van der Waals surface area contributed by atoms with Crippen LogP contribution in [0.1, 0.15) is 34.1 Å². The maximum absolute atomic E-state index is 12.4. The van der Waals surface area contributed by atoms with Gasteiger partial charge in [0.25, 0.3) is 0 Å². The van der Waals surface area contributed by atoms with Crippen LogP contribution in [-0.2, 0) is 11.8 Å². The molecule has 0 amide bonds. The van der Waals surface area contributed by atoms with Crippen LogP contribution in [-0.4, -0.2) is 25.7 Å². The molecular weight excluding hydrogens is 288 g/mol. The normalized spacial score (nSPS) is 12.5. The predicted molar refractivity (Wildman–Crippen MR) is 79.2 cm³/mol. The molecule has 0 fully saturated rings. The van der Waals surface area contributed by atoms with Gasteiger partial charge in [0.15, 0.2) is 11.8 Å². The van der Waals surface area contributed by atoms with Crippen molar-refractivity contribution in [1.29, 1.82) is 0 Å². The van der Waals surface area contributed by atoms with Crippen LogP contribution < -0.4 is 0 Å². The molecule has 3 heterocycles. The van der Waals surface area contributed by atoms with Gasteiger partial charge in [0.05, 0.1) is 17.1 Å². The number of aryl methyl sites for hydroxylation is 2. The summed E-state index contributed by atoms with van der Waals surface area (Å²) < 4.78 is 7.14. The minimum Gasteiger partial charge on any atom is -0.452 e. The number of aromatic nitrogens is 4. The van der Waals surface area contributed by atoms with Crippen molar-refractivity contribution in [1.82, 2.24) is 19.7 Å². The van der Waals surface area contributed by atoms with Crippen molar-refractivity contribution in [3.05, 3.63) is 40.1 Å². The lowest BCUT2D eigenvalue weighted by Crippen LogP contribution is -2.10. The number of rotatable bonds is 3. The minimum absolute atomic E-state index is 0.377. The van der Waals surface area contributed by atoms with E-state index in [4.69, 9.17) is 4.74 Å². The zero-order chi connectivity index (χ0) is 15.0. The van der Waals surface area contributed by atoms with Crippen molar-refractivity contribution in [2.75, 3.05) is 0 Å². The van der Waals surface area contributed by atoms with Crippen molar-refractivity contribution in [2.45, 2.75) is 20.0 Å². The minimum atomic E-state index is -0.388. The van der Waals surface area contributed by atoms with Crippen LogP contribution in [0.15, 0.2) is 23.8 Å². The number of nitrogens with zero attached hydrogens (tertiary/aromatic N) is 4. The van der Waals surface area contributed by atoms with Crippen LogP contribution >= 0.6 is 11.3 Å². The zero-order valence-electron chi connectivity index (χ0n) is 11.9. The second-order valence-electron chi connectivity index (χ2n) is 4.73. The van der Waals surface area contributed by atoms with E-state index in [1.54, 1.807) is 30.2 Å². The predicted octanol–water partition coefficient (Wildman–Crippen LogP) is 2.65. The molecule has 0 aliphatic heterocycles. The number of thiazole rings is 1. The summed E-state index contributed by atoms with van der Waals surface area (Å²) in [6.45, 7) is 3.65. The van der Waals surface area contributed by atoms with E-state index in [0.717, 1.165) is 10.7 Å². The summed E-state index contributed by atoms with van der Waals surface area (Å²) >= 11 is 1.46. The lowest BCUT2D eigenvalue weighted by atomic mass is 10.1. The van der Waals surface area contributed by atoms with Crippen LogP contribution in [0.3, 0.4) is 0 Å². The van der Waals surface area contributed by atoms with E-state index in [0.29, 0.717) is 16.6 Å². The molecule has 0 unspecified atom stereocenters. The van der Waals surface area contributed by atoms with Crippen LogP contribution in [0.5, 0.6) is 0 Å². The molecule has 3 rings (SSSR count). The molecule has 0 aliphatic rings. The summed E-state index contributed by atoms with van der Waals surface area (Å²) in [5.41, 5.74) is 1.90. The number of hydrogen-bond donors (Lipinski definition) is 0. The van der Waals surface area contributed by atoms with E-state index in [1.165, 1.54) is 11.3 Å². The maximum atomic E-state index is 12.4. The van der Waals surface area contributed by atoms with Crippen molar-refractivity contribution in [2.24, 2.45) is 7.05 Å². The topological polar surface area (TPSA) is 69.9 Å². The van der Waals surface area contributed by atoms with Crippen LogP contribution in [0.2, 0.25) is 0 Å². The summed E-state index contributed by atoms with van der Waals surface area (Å²) in [6, 6.07) is 1.72. The van der Waals surface area contributed by atoms with Crippen molar-refractivity contribution in [3.8, 4) is 0 Å². The smallest absolute Gasteiger partial charge is 0.339 e. The standard InChI is InChI=1S/C14H14N4O2S/c1-8-6-10(11-7-16-18(3)12(11)17-8)14(19)20-9(2)13-15-4-5-21-13/h4-7,9H,1-3H3/t9-/m1/s1. The highest BCUT2D eigenvalue weighted by atomic mass is 32.1.